The summed E-state index contributed by atoms with van der Waals surface area (Å²) in [5.74, 6) is -0.643. The van der Waals surface area contributed by atoms with Gasteiger partial charge in [-0.2, -0.15) is 0 Å². The molecule has 2 atom stereocenters. The Labute approximate surface area is 125 Å². The molecule has 21 heavy (non-hydrogen) atoms. The second kappa shape index (κ2) is 6.54. The van der Waals surface area contributed by atoms with Crippen LogP contribution >= 0.6 is 0 Å². The lowest BCUT2D eigenvalue weighted by molar-refractivity contribution is 0.0879. The van der Waals surface area contributed by atoms with Crippen LogP contribution in [0, 0.1) is 12.7 Å². The second-order valence-corrected chi connectivity index (χ2v) is 6.08. The molecular formula is C16H24FN3O. The first-order chi connectivity index (χ1) is 9.88. The maximum atomic E-state index is 13.3. The molecule has 0 bridgehead atoms. The van der Waals surface area contributed by atoms with Crippen molar-refractivity contribution in [1.82, 2.24) is 10.2 Å². The van der Waals surface area contributed by atoms with Crippen molar-refractivity contribution in [2.75, 3.05) is 13.1 Å². The van der Waals surface area contributed by atoms with E-state index in [0.29, 0.717) is 11.6 Å². The molecule has 0 saturated carbocycles. The Balaban J connectivity index is 2.02. The van der Waals surface area contributed by atoms with Gasteiger partial charge in [-0.3, -0.25) is 9.69 Å². The lowest BCUT2D eigenvalue weighted by Gasteiger charge is -2.39. The predicted molar refractivity (Wildman–Crippen MR) is 81.7 cm³/mol. The van der Waals surface area contributed by atoms with Crippen LogP contribution in [0.3, 0.4) is 0 Å². The van der Waals surface area contributed by atoms with E-state index in [4.69, 9.17) is 5.73 Å². The standard InChI is InChI=1S/C16H24FN3O/c1-10(2)20-7-6-15(14(18)9-20)19-16(21)13-8-12(17)5-4-11(13)3/h4-5,8,10,14-15H,6-7,9,18H2,1-3H3,(H,19,21). The summed E-state index contributed by atoms with van der Waals surface area (Å²) in [6.07, 6.45) is 0.819. The number of nitrogens with two attached hydrogens (primary N) is 1. The summed E-state index contributed by atoms with van der Waals surface area (Å²) in [6, 6.07) is 4.55. The molecule has 2 rings (SSSR count). The van der Waals surface area contributed by atoms with Crippen molar-refractivity contribution in [1.29, 1.82) is 0 Å². The number of rotatable bonds is 3. The number of carbonyl (C=O) groups excluding carboxylic acids is 1. The van der Waals surface area contributed by atoms with Gasteiger partial charge in [0.25, 0.3) is 5.91 Å². The van der Waals surface area contributed by atoms with Crippen molar-refractivity contribution in [3.63, 3.8) is 0 Å². The molecule has 3 N–H and O–H groups in total. The average Bonchev–Trinajstić information content (AvgIpc) is 2.43. The van der Waals surface area contributed by atoms with E-state index in [1.165, 1.54) is 12.1 Å². The number of likely N-dealkylation sites (tertiary alicyclic amines) is 1. The van der Waals surface area contributed by atoms with Crippen molar-refractivity contribution in [3.05, 3.63) is 35.1 Å². The molecule has 0 aliphatic carbocycles. The van der Waals surface area contributed by atoms with E-state index in [1.54, 1.807) is 13.0 Å². The summed E-state index contributed by atoms with van der Waals surface area (Å²) in [7, 11) is 0. The number of carbonyl (C=O) groups is 1. The Hall–Kier alpha value is -1.46. The summed E-state index contributed by atoms with van der Waals surface area (Å²) in [5, 5.41) is 2.96. The number of hydrogen-bond acceptors (Lipinski definition) is 3. The average molecular weight is 293 g/mol. The molecule has 0 radical (unpaired) electrons. The van der Waals surface area contributed by atoms with Crippen molar-refractivity contribution >= 4 is 5.91 Å². The minimum Gasteiger partial charge on any atom is -0.348 e. The maximum absolute atomic E-state index is 13.3. The molecule has 1 aliphatic heterocycles. The molecule has 4 nitrogen and oxygen atoms in total. The summed E-state index contributed by atoms with van der Waals surface area (Å²) < 4.78 is 13.3. The van der Waals surface area contributed by atoms with E-state index >= 15 is 0 Å². The largest absolute Gasteiger partial charge is 0.348 e. The van der Waals surface area contributed by atoms with Crippen LogP contribution in [-0.2, 0) is 0 Å². The topological polar surface area (TPSA) is 58.4 Å². The van der Waals surface area contributed by atoms with Gasteiger partial charge < -0.3 is 11.1 Å². The van der Waals surface area contributed by atoms with Gasteiger partial charge in [-0.15, -0.1) is 0 Å². The zero-order chi connectivity index (χ0) is 15.6. The van der Waals surface area contributed by atoms with Crippen LogP contribution in [0.15, 0.2) is 18.2 Å². The van der Waals surface area contributed by atoms with Crippen molar-refractivity contribution < 1.29 is 9.18 Å². The molecule has 1 saturated heterocycles. The zero-order valence-electron chi connectivity index (χ0n) is 12.9. The van der Waals surface area contributed by atoms with Gasteiger partial charge in [0.05, 0.1) is 0 Å². The third-order valence-corrected chi connectivity index (χ3v) is 4.18. The van der Waals surface area contributed by atoms with E-state index in [1.807, 2.05) is 0 Å². The summed E-state index contributed by atoms with van der Waals surface area (Å²) in [4.78, 5) is 14.6. The molecule has 1 amide bonds. The molecular weight excluding hydrogens is 269 g/mol. The zero-order valence-corrected chi connectivity index (χ0v) is 12.9. The van der Waals surface area contributed by atoms with Crippen LogP contribution < -0.4 is 11.1 Å². The minimum atomic E-state index is -0.398. The first kappa shape index (κ1) is 15.9. The third-order valence-electron chi connectivity index (χ3n) is 4.18. The number of aryl methyl sites for hydroxylation is 1. The number of amides is 1. The fourth-order valence-corrected chi connectivity index (χ4v) is 2.74. The van der Waals surface area contributed by atoms with E-state index in [9.17, 15) is 9.18 Å². The van der Waals surface area contributed by atoms with E-state index in [2.05, 4.69) is 24.1 Å². The van der Waals surface area contributed by atoms with Crippen LogP contribution in [-0.4, -0.2) is 42.0 Å². The highest BCUT2D eigenvalue weighted by Crippen LogP contribution is 2.15. The van der Waals surface area contributed by atoms with Gasteiger partial charge in [0.2, 0.25) is 0 Å². The number of halogens is 1. The Morgan fingerprint density at radius 3 is 2.81 bits per heavy atom. The van der Waals surface area contributed by atoms with E-state index in [0.717, 1.165) is 25.1 Å². The maximum Gasteiger partial charge on any atom is 0.251 e. The van der Waals surface area contributed by atoms with Crippen molar-refractivity contribution in [2.45, 2.75) is 45.3 Å². The molecule has 0 spiro atoms. The molecule has 2 unspecified atom stereocenters. The number of hydrogen-bond donors (Lipinski definition) is 2. The predicted octanol–water partition coefficient (Wildman–Crippen LogP) is 1.67. The Morgan fingerprint density at radius 1 is 1.48 bits per heavy atom. The lowest BCUT2D eigenvalue weighted by Crippen LogP contribution is -2.59. The van der Waals surface area contributed by atoms with Crippen molar-refractivity contribution in [3.8, 4) is 0 Å². The van der Waals surface area contributed by atoms with Gasteiger partial charge in [-0.1, -0.05) is 6.07 Å². The first-order valence-corrected chi connectivity index (χ1v) is 7.45. The normalized spacial score (nSPS) is 23.3. The highest BCUT2D eigenvalue weighted by atomic mass is 19.1. The van der Waals surface area contributed by atoms with Crippen molar-refractivity contribution in [2.24, 2.45) is 5.73 Å². The SMILES string of the molecule is Cc1ccc(F)cc1C(=O)NC1CCN(C(C)C)CC1N. The number of piperidine rings is 1. The van der Waals surface area contributed by atoms with E-state index in [-0.39, 0.29) is 18.0 Å². The van der Waals surface area contributed by atoms with Crippen LogP contribution in [0.25, 0.3) is 0 Å². The molecule has 5 heteroatoms. The number of nitrogens with one attached hydrogen (secondary N) is 1. The fourth-order valence-electron chi connectivity index (χ4n) is 2.74. The summed E-state index contributed by atoms with van der Waals surface area (Å²) in [5.41, 5.74) is 7.32. The summed E-state index contributed by atoms with van der Waals surface area (Å²) >= 11 is 0. The number of nitrogens with zero attached hydrogens (tertiary/aromatic N) is 1. The highest BCUT2D eigenvalue weighted by Gasteiger charge is 2.29. The third kappa shape index (κ3) is 3.80. The molecule has 1 heterocycles. The highest BCUT2D eigenvalue weighted by molar-refractivity contribution is 5.95. The van der Waals surface area contributed by atoms with E-state index < -0.39 is 5.82 Å². The fraction of sp³-hybridized carbons (Fsp3) is 0.562. The van der Waals surface area contributed by atoms with Gasteiger partial charge >= 0.3 is 0 Å². The van der Waals surface area contributed by atoms with Gasteiger partial charge in [0, 0.05) is 36.8 Å². The van der Waals surface area contributed by atoms with Crippen LogP contribution in [0.2, 0.25) is 0 Å². The summed E-state index contributed by atoms with van der Waals surface area (Å²) in [6.45, 7) is 7.77. The first-order valence-electron chi connectivity index (χ1n) is 7.45. The van der Waals surface area contributed by atoms with Gasteiger partial charge in [-0.25, -0.2) is 4.39 Å². The molecule has 1 aromatic rings. The quantitative estimate of drug-likeness (QED) is 0.891. The monoisotopic (exact) mass is 293 g/mol. The molecule has 1 aromatic carbocycles. The Morgan fingerprint density at radius 2 is 2.19 bits per heavy atom. The smallest absolute Gasteiger partial charge is 0.251 e. The van der Waals surface area contributed by atoms with Gasteiger partial charge in [-0.05, 0) is 44.9 Å². The Bertz CT molecular complexity index is 518. The van der Waals surface area contributed by atoms with Crippen LogP contribution in [0.4, 0.5) is 4.39 Å². The second-order valence-electron chi connectivity index (χ2n) is 6.08. The molecule has 1 fully saturated rings. The Kier molecular flexibility index (Phi) is 4.96. The van der Waals surface area contributed by atoms with Crippen LogP contribution in [0.1, 0.15) is 36.2 Å². The number of benzene rings is 1. The van der Waals surface area contributed by atoms with Gasteiger partial charge in [0.15, 0.2) is 0 Å². The lowest BCUT2D eigenvalue weighted by atomic mass is 9.98. The van der Waals surface area contributed by atoms with Gasteiger partial charge in [0.1, 0.15) is 5.82 Å². The minimum absolute atomic E-state index is 0.0600. The molecule has 1 aliphatic rings. The van der Waals surface area contributed by atoms with Crippen LogP contribution in [0.5, 0.6) is 0 Å². The molecule has 116 valence electrons. The molecule has 0 aromatic heterocycles.